The van der Waals surface area contributed by atoms with Gasteiger partial charge in [-0.1, -0.05) is 36.4 Å². The third-order valence-corrected chi connectivity index (χ3v) is 7.83. The Morgan fingerprint density at radius 1 is 1.07 bits per heavy atom. The molecule has 2 heterocycles. The second-order valence-electron chi connectivity index (χ2n) is 6.98. The summed E-state index contributed by atoms with van der Waals surface area (Å²) in [4.78, 5) is 1.78. The van der Waals surface area contributed by atoms with Crippen LogP contribution in [-0.4, -0.2) is 54.2 Å². The van der Waals surface area contributed by atoms with Crippen molar-refractivity contribution in [3.05, 3.63) is 53.6 Å². The van der Waals surface area contributed by atoms with Crippen molar-refractivity contribution in [2.45, 2.75) is 18.2 Å². The Morgan fingerprint density at radius 3 is 2.56 bits per heavy atom. The average molecular weight is 404 g/mol. The lowest BCUT2D eigenvalue weighted by atomic mass is 10.1. The van der Waals surface area contributed by atoms with Gasteiger partial charge in [-0.2, -0.15) is 13.1 Å². The second-order valence-corrected chi connectivity index (χ2v) is 9.39. The van der Waals surface area contributed by atoms with Crippen molar-refractivity contribution in [2.75, 3.05) is 32.7 Å². The molecule has 1 N–H and O–H groups in total. The van der Waals surface area contributed by atoms with Gasteiger partial charge in [0.25, 0.3) is 0 Å². The smallest absolute Gasteiger partial charge is 0.246 e. The summed E-state index contributed by atoms with van der Waals surface area (Å²) in [7, 11) is -3.56. The van der Waals surface area contributed by atoms with Crippen LogP contribution in [0.15, 0.2) is 47.4 Å². The number of piperazine rings is 1. The third-order valence-electron chi connectivity index (χ3n) is 5.22. The number of sulfonamides is 1. The number of rotatable bonds is 5. The van der Waals surface area contributed by atoms with Crippen molar-refractivity contribution in [3.8, 4) is 0 Å². The molecule has 3 aromatic rings. The van der Waals surface area contributed by atoms with Gasteiger partial charge in [0.1, 0.15) is 15.9 Å². The van der Waals surface area contributed by atoms with Crippen LogP contribution in [0.1, 0.15) is 11.1 Å². The van der Waals surface area contributed by atoms with Gasteiger partial charge in [-0.05, 0) is 24.1 Å². The van der Waals surface area contributed by atoms with Crippen molar-refractivity contribution in [1.82, 2.24) is 13.1 Å². The predicted molar refractivity (Wildman–Crippen MR) is 107 cm³/mol. The molecule has 0 radical (unpaired) electrons. The molecule has 0 atom stereocenters. The number of quaternary nitrogens is 1. The predicted octanol–water partition coefficient (Wildman–Crippen LogP) is 1.13. The summed E-state index contributed by atoms with van der Waals surface area (Å²) in [6, 6.07) is 14.1. The molecule has 1 aromatic heterocycles. The Hall–Kier alpha value is -1.87. The van der Waals surface area contributed by atoms with Crippen LogP contribution in [0.3, 0.4) is 0 Å². The van der Waals surface area contributed by atoms with Gasteiger partial charge >= 0.3 is 0 Å². The molecule has 1 aliphatic heterocycles. The standard InChI is InChI=1S/C19H22N4O2S2/c1-15-7-8-17-18(21-26-20-17)19(15)27(24,25)23-13-11-22(12-14-23)10-9-16-5-3-2-4-6-16/h2-8H,9-14H2,1H3/p+1. The highest BCUT2D eigenvalue weighted by atomic mass is 32.2. The van der Waals surface area contributed by atoms with E-state index in [0.29, 0.717) is 29.0 Å². The van der Waals surface area contributed by atoms with Crippen molar-refractivity contribution in [2.24, 2.45) is 0 Å². The molecule has 0 bridgehead atoms. The van der Waals surface area contributed by atoms with Gasteiger partial charge in [-0.3, -0.25) is 0 Å². The zero-order valence-electron chi connectivity index (χ0n) is 15.3. The van der Waals surface area contributed by atoms with Gasteiger partial charge in [0.05, 0.1) is 44.5 Å². The first kappa shape index (κ1) is 18.5. The fraction of sp³-hybridized carbons (Fsp3) is 0.368. The maximum absolute atomic E-state index is 13.3. The van der Waals surface area contributed by atoms with Crippen LogP contribution >= 0.6 is 11.7 Å². The largest absolute Gasteiger partial charge is 0.332 e. The molecule has 1 aliphatic rings. The maximum Gasteiger partial charge on any atom is 0.246 e. The van der Waals surface area contributed by atoms with Crippen LogP contribution in [0.2, 0.25) is 0 Å². The van der Waals surface area contributed by atoms with Gasteiger partial charge in [0, 0.05) is 6.42 Å². The molecule has 4 rings (SSSR count). The Kier molecular flexibility index (Phi) is 5.23. The van der Waals surface area contributed by atoms with Gasteiger partial charge in [0.15, 0.2) is 0 Å². The Labute approximate surface area is 163 Å². The first-order valence-corrected chi connectivity index (χ1v) is 11.3. The Balaban J connectivity index is 1.45. The number of nitrogens with one attached hydrogen (secondary N) is 1. The van der Waals surface area contributed by atoms with Crippen LogP contribution < -0.4 is 4.90 Å². The van der Waals surface area contributed by atoms with Crippen molar-refractivity contribution in [1.29, 1.82) is 0 Å². The molecule has 1 saturated heterocycles. The van der Waals surface area contributed by atoms with Gasteiger partial charge < -0.3 is 4.90 Å². The van der Waals surface area contributed by atoms with Crippen LogP contribution in [0.5, 0.6) is 0 Å². The minimum absolute atomic E-state index is 0.321. The summed E-state index contributed by atoms with van der Waals surface area (Å²) in [5.41, 5.74) is 3.21. The van der Waals surface area contributed by atoms with Crippen LogP contribution in [0.25, 0.3) is 11.0 Å². The topological polar surface area (TPSA) is 67.6 Å². The van der Waals surface area contributed by atoms with E-state index in [1.807, 2.05) is 25.1 Å². The first-order valence-electron chi connectivity index (χ1n) is 9.15. The molecule has 0 unspecified atom stereocenters. The SMILES string of the molecule is Cc1ccc2nsnc2c1S(=O)(=O)N1CC[NH+](CCc2ccccc2)CC1. The summed E-state index contributed by atoms with van der Waals surface area (Å²) in [6.07, 6.45) is 1.02. The lowest BCUT2D eigenvalue weighted by Gasteiger charge is -2.31. The van der Waals surface area contributed by atoms with Crippen LogP contribution in [0, 0.1) is 6.92 Å². The van der Waals surface area contributed by atoms with E-state index in [1.165, 1.54) is 10.5 Å². The Bertz CT molecular complexity index is 1030. The van der Waals surface area contributed by atoms with Crippen molar-refractivity contribution in [3.63, 3.8) is 0 Å². The third kappa shape index (κ3) is 3.75. The minimum Gasteiger partial charge on any atom is -0.332 e. The number of nitrogens with zero attached hydrogens (tertiary/aromatic N) is 3. The molecule has 142 valence electrons. The number of aromatic nitrogens is 2. The summed E-state index contributed by atoms with van der Waals surface area (Å²) in [6.45, 7) is 5.60. The van der Waals surface area contributed by atoms with Crippen LogP contribution in [0.4, 0.5) is 0 Å². The monoisotopic (exact) mass is 403 g/mol. The van der Waals surface area contributed by atoms with E-state index in [2.05, 4.69) is 33.0 Å². The fourth-order valence-corrected chi connectivity index (χ4v) is 6.03. The number of benzene rings is 2. The van der Waals surface area contributed by atoms with Gasteiger partial charge in [0.2, 0.25) is 10.0 Å². The number of hydrogen-bond donors (Lipinski definition) is 1. The molecule has 6 nitrogen and oxygen atoms in total. The van der Waals surface area contributed by atoms with E-state index in [-0.39, 0.29) is 0 Å². The lowest BCUT2D eigenvalue weighted by Crippen LogP contribution is -3.15. The molecule has 0 saturated carbocycles. The Morgan fingerprint density at radius 2 is 1.81 bits per heavy atom. The molecule has 0 spiro atoms. The van der Waals surface area contributed by atoms with Gasteiger partial charge in [-0.15, -0.1) is 0 Å². The quantitative estimate of drug-likeness (QED) is 0.694. The van der Waals surface area contributed by atoms with Crippen molar-refractivity contribution < 1.29 is 13.3 Å². The normalized spacial score (nSPS) is 16.8. The number of aryl methyl sites for hydroxylation is 1. The molecule has 8 heteroatoms. The zero-order valence-corrected chi connectivity index (χ0v) is 16.9. The molecule has 1 fully saturated rings. The molecule has 2 aromatic carbocycles. The van der Waals surface area contributed by atoms with E-state index >= 15 is 0 Å². The maximum atomic E-state index is 13.3. The summed E-state index contributed by atoms with van der Waals surface area (Å²) in [5.74, 6) is 0. The van der Waals surface area contributed by atoms with Crippen LogP contribution in [-0.2, 0) is 16.4 Å². The van der Waals surface area contributed by atoms with E-state index in [9.17, 15) is 8.42 Å². The molecule has 0 amide bonds. The zero-order chi connectivity index (χ0) is 18.9. The van der Waals surface area contributed by atoms with Crippen molar-refractivity contribution >= 4 is 32.8 Å². The molecular weight excluding hydrogens is 380 g/mol. The summed E-state index contributed by atoms with van der Waals surface area (Å²) in [5, 5.41) is 0. The highest BCUT2D eigenvalue weighted by Gasteiger charge is 2.33. The fourth-order valence-electron chi connectivity index (χ4n) is 3.64. The first-order chi connectivity index (χ1) is 13.1. The van der Waals surface area contributed by atoms with E-state index < -0.39 is 10.0 Å². The molecular formula is C19H23N4O2S2+. The summed E-state index contributed by atoms with van der Waals surface area (Å²) >= 11 is 1.06. The second kappa shape index (κ2) is 7.63. The van der Waals surface area contributed by atoms with E-state index in [0.717, 1.165) is 43.3 Å². The number of hydrogen-bond acceptors (Lipinski definition) is 5. The lowest BCUT2D eigenvalue weighted by molar-refractivity contribution is -0.903. The molecule has 0 aliphatic carbocycles. The molecule has 27 heavy (non-hydrogen) atoms. The summed E-state index contributed by atoms with van der Waals surface area (Å²) < 4.78 is 36.6. The highest BCUT2D eigenvalue weighted by molar-refractivity contribution is 7.89. The minimum atomic E-state index is -3.56. The number of fused-ring (bicyclic) bond motifs is 1. The van der Waals surface area contributed by atoms with E-state index in [4.69, 9.17) is 0 Å². The van der Waals surface area contributed by atoms with Gasteiger partial charge in [-0.25, -0.2) is 8.42 Å². The average Bonchev–Trinajstić information content (AvgIpc) is 3.15. The van der Waals surface area contributed by atoms with E-state index in [1.54, 1.807) is 4.31 Å². The highest BCUT2D eigenvalue weighted by Crippen LogP contribution is 2.27.